The molecule has 2 rings (SSSR count). The Morgan fingerprint density at radius 3 is 2.32 bits per heavy atom. The minimum atomic E-state index is -0.679. The summed E-state index contributed by atoms with van der Waals surface area (Å²) in [4.78, 5) is 3.80. The maximum absolute atomic E-state index is 13.6. The molecule has 1 aromatic heterocycles. The number of rotatable bonds is 2. The third-order valence-electron chi connectivity index (χ3n) is 2.48. The zero-order valence-electron chi connectivity index (χ0n) is 9.42. The molecular weight excluding hydrogens is 310 g/mol. The molecule has 0 N–H and O–H groups in total. The van der Waals surface area contributed by atoms with Gasteiger partial charge in [0.15, 0.2) is 0 Å². The van der Waals surface area contributed by atoms with Crippen LogP contribution in [0, 0.1) is 17.3 Å². The van der Waals surface area contributed by atoms with Crippen molar-refractivity contribution in [2.75, 3.05) is 0 Å². The summed E-state index contributed by atoms with van der Waals surface area (Å²) in [5.41, 5.74) is 1.18. The number of hydrogen-bond donors (Lipinski definition) is 0. The maximum Gasteiger partial charge on any atom is 0.217 e. The summed E-state index contributed by atoms with van der Waals surface area (Å²) >= 11 is 17.7. The second-order valence-corrected chi connectivity index (χ2v) is 4.93. The van der Waals surface area contributed by atoms with Gasteiger partial charge in [0.05, 0.1) is 33.3 Å². The summed E-state index contributed by atoms with van der Waals surface area (Å²) in [7, 11) is 0. The van der Waals surface area contributed by atoms with Gasteiger partial charge in [0.2, 0.25) is 5.95 Å². The highest BCUT2D eigenvalue weighted by Gasteiger charge is 2.11. The van der Waals surface area contributed by atoms with Gasteiger partial charge in [0.25, 0.3) is 0 Å². The number of nitriles is 1. The van der Waals surface area contributed by atoms with Crippen LogP contribution in [0.15, 0.2) is 24.3 Å². The fourth-order valence-corrected chi connectivity index (χ4v) is 2.14. The van der Waals surface area contributed by atoms with Gasteiger partial charge in [-0.25, -0.2) is 4.98 Å². The van der Waals surface area contributed by atoms with Gasteiger partial charge in [-0.05, 0) is 18.2 Å². The fraction of sp³-hybridized carbons (Fsp3) is 0.0769. The average molecular weight is 316 g/mol. The fourth-order valence-electron chi connectivity index (χ4n) is 1.54. The molecule has 0 aliphatic rings. The molecule has 1 aromatic carbocycles. The number of benzene rings is 1. The van der Waals surface area contributed by atoms with E-state index in [-0.39, 0.29) is 27.1 Å². The molecule has 1 heterocycles. The van der Waals surface area contributed by atoms with E-state index < -0.39 is 5.95 Å². The lowest BCUT2D eigenvalue weighted by Gasteiger charge is -2.06. The molecule has 0 saturated carbocycles. The zero-order chi connectivity index (χ0) is 14.0. The molecule has 0 aliphatic heterocycles. The van der Waals surface area contributed by atoms with Crippen LogP contribution < -0.4 is 0 Å². The Bertz CT molecular complexity index is 657. The largest absolute Gasteiger partial charge is 0.219 e. The predicted octanol–water partition coefficient (Wildman–Crippen LogP) is 4.91. The van der Waals surface area contributed by atoms with Gasteiger partial charge in [-0.1, -0.05) is 40.9 Å². The number of aromatic nitrogens is 1. The molecular formula is C13H6Cl3FN2. The van der Waals surface area contributed by atoms with E-state index in [2.05, 4.69) is 4.98 Å². The number of pyridine rings is 1. The summed E-state index contributed by atoms with van der Waals surface area (Å²) in [6.07, 6.45) is -0.0265. The van der Waals surface area contributed by atoms with Crippen molar-refractivity contribution >= 4 is 34.8 Å². The summed E-state index contributed by atoms with van der Waals surface area (Å²) in [5, 5.41) is 9.33. The van der Waals surface area contributed by atoms with E-state index in [1.165, 1.54) is 6.07 Å². The van der Waals surface area contributed by atoms with Crippen LogP contribution in [0.2, 0.25) is 15.1 Å². The van der Waals surface area contributed by atoms with Crippen LogP contribution in [-0.2, 0) is 6.42 Å². The van der Waals surface area contributed by atoms with E-state index in [4.69, 9.17) is 40.1 Å². The lowest BCUT2D eigenvalue weighted by atomic mass is 10.1. The summed E-state index contributed by atoms with van der Waals surface area (Å²) < 4.78 is 13.6. The van der Waals surface area contributed by atoms with Crippen molar-refractivity contribution in [3.05, 3.63) is 50.8 Å². The molecule has 2 nitrogen and oxygen atoms in total. The van der Waals surface area contributed by atoms with Crippen LogP contribution in [0.4, 0.5) is 4.39 Å². The Balaban J connectivity index is 2.49. The SMILES string of the molecule is N#CCc1ccc(-c2cc(Cl)c(Cl)c(Cl)c2)nc1F. The summed E-state index contributed by atoms with van der Waals surface area (Å²) in [6.45, 7) is 0. The molecule has 0 saturated heterocycles. The Kier molecular flexibility index (Phi) is 4.26. The third-order valence-corrected chi connectivity index (χ3v) is 3.67. The number of hydrogen-bond acceptors (Lipinski definition) is 2. The minimum Gasteiger partial charge on any atom is -0.219 e. The van der Waals surface area contributed by atoms with Crippen LogP contribution in [0.25, 0.3) is 11.3 Å². The van der Waals surface area contributed by atoms with Crippen molar-refractivity contribution < 1.29 is 4.39 Å². The van der Waals surface area contributed by atoms with Gasteiger partial charge in [-0.3, -0.25) is 0 Å². The van der Waals surface area contributed by atoms with Crippen LogP contribution in [0.3, 0.4) is 0 Å². The molecule has 0 atom stereocenters. The van der Waals surface area contributed by atoms with E-state index in [1.807, 2.05) is 6.07 Å². The molecule has 0 aliphatic carbocycles. The van der Waals surface area contributed by atoms with Crippen molar-refractivity contribution in [3.63, 3.8) is 0 Å². The minimum absolute atomic E-state index is 0.0265. The van der Waals surface area contributed by atoms with Crippen LogP contribution >= 0.6 is 34.8 Å². The molecule has 0 radical (unpaired) electrons. The summed E-state index contributed by atoms with van der Waals surface area (Å²) in [5.74, 6) is -0.679. The van der Waals surface area contributed by atoms with Crippen LogP contribution in [0.1, 0.15) is 5.56 Å². The van der Waals surface area contributed by atoms with Gasteiger partial charge in [0.1, 0.15) is 0 Å². The standard InChI is InChI=1S/C13H6Cl3FN2/c14-9-5-8(6-10(15)12(9)16)11-2-1-7(3-4-18)13(17)19-11/h1-2,5-6H,3H2. The highest BCUT2D eigenvalue weighted by atomic mass is 35.5. The van der Waals surface area contributed by atoms with Crippen molar-refractivity contribution in [1.29, 1.82) is 5.26 Å². The van der Waals surface area contributed by atoms with Gasteiger partial charge < -0.3 is 0 Å². The van der Waals surface area contributed by atoms with Gasteiger partial charge in [0, 0.05) is 11.1 Å². The van der Waals surface area contributed by atoms with E-state index >= 15 is 0 Å². The number of nitrogens with zero attached hydrogens (tertiary/aromatic N) is 2. The first kappa shape index (κ1) is 14.1. The zero-order valence-corrected chi connectivity index (χ0v) is 11.7. The third kappa shape index (κ3) is 2.98. The van der Waals surface area contributed by atoms with Crippen molar-refractivity contribution in [2.24, 2.45) is 0 Å². The second kappa shape index (κ2) is 5.75. The summed E-state index contributed by atoms with van der Waals surface area (Å²) in [6, 6.07) is 8.10. The molecule has 0 fully saturated rings. The van der Waals surface area contributed by atoms with Gasteiger partial charge >= 0.3 is 0 Å². The van der Waals surface area contributed by atoms with Crippen LogP contribution in [0.5, 0.6) is 0 Å². The average Bonchev–Trinajstić information content (AvgIpc) is 2.38. The van der Waals surface area contributed by atoms with Crippen molar-refractivity contribution in [3.8, 4) is 17.3 Å². The Morgan fingerprint density at radius 1 is 1.16 bits per heavy atom. The molecule has 6 heteroatoms. The first-order valence-electron chi connectivity index (χ1n) is 5.20. The van der Waals surface area contributed by atoms with Gasteiger partial charge in [-0.15, -0.1) is 0 Å². The Morgan fingerprint density at radius 2 is 1.79 bits per heavy atom. The van der Waals surface area contributed by atoms with Crippen molar-refractivity contribution in [1.82, 2.24) is 4.98 Å². The van der Waals surface area contributed by atoms with E-state index in [0.29, 0.717) is 11.3 Å². The first-order valence-corrected chi connectivity index (χ1v) is 6.33. The van der Waals surface area contributed by atoms with E-state index in [0.717, 1.165) is 0 Å². The van der Waals surface area contributed by atoms with Crippen molar-refractivity contribution in [2.45, 2.75) is 6.42 Å². The van der Waals surface area contributed by atoms with Crippen LogP contribution in [-0.4, -0.2) is 4.98 Å². The lowest BCUT2D eigenvalue weighted by Crippen LogP contribution is -1.95. The lowest BCUT2D eigenvalue weighted by molar-refractivity contribution is 0.573. The molecule has 0 spiro atoms. The number of halogens is 4. The maximum atomic E-state index is 13.6. The highest BCUT2D eigenvalue weighted by molar-refractivity contribution is 6.48. The molecule has 2 aromatic rings. The van der Waals surface area contributed by atoms with Gasteiger partial charge in [-0.2, -0.15) is 9.65 Å². The molecule has 0 amide bonds. The predicted molar refractivity (Wildman–Crippen MR) is 74.0 cm³/mol. The Labute approximate surface area is 124 Å². The quantitative estimate of drug-likeness (QED) is 0.583. The normalized spacial score (nSPS) is 10.3. The second-order valence-electron chi connectivity index (χ2n) is 3.74. The van der Waals surface area contributed by atoms with E-state index in [9.17, 15) is 4.39 Å². The monoisotopic (exact) mass is 314 g/mol. The molecule has 96 valence electrons. The Hall–Kier alpha value is -1.34. The molecule has 19 heavy (non-hydrogen) atoms. The topological polar surface area (TPSA) is 36.7 Å². The molecule has 0 bridgehead atoms. The first-order chi connectivity index (χ1) is 9.02. The smallest absolute Gasteiger partial charge is 0.217 e. The highest BCUT2D eigenvalue weighted by Crippen LogP contribution is 2.34. The van der Waals surface area contributed by atoms with E-state index in [1.54, 1.807) is 18.2 Å². The molecule has 0 unspecified atom stereocenters.